The smallest absolute Gasteiger partial charge is 0.0695 e. The van der Waals surface area contributed by atoms with Crippen molar-refractivity contribution in [3.63, 3.8) is 0 Å². The molecule has 1 heterocycles. The molecule has 1 aliphatic rings. The van der Waals surface area contributed by atoms with Crippen molar-refractivity contribution in [1.82, 2.24) is 10.2 Å². The zero-order valence-electron chi connectivity index (χ0n) is 12.0. The first-order valence-corrected chi connectivity index (χ1v) is 7.16. The van der Waals surface area contributed by atoms with Gasteiger partial charge in [-0.2, -0.15) is 0 Å². The van der Waals surface area contributed by atoms with Crippen molar-refractivity contribution in [3.05, 3.63) is 0 Å². The van der Waals surface area contributed by atoms with Crippen LogP contribution in [0.5, 0.6) is 0 Å². The van der Waals surface area contributed by atoms with Gasteiger partial charge in [0.2, 0.25) is 0 Å². The normalized spacial score (nSPS) is 24.9. The van der Waals surface area contributed by atoms with E-state index in [-0.39, 0.29) is 0 Å². The maximum atomic E-state index is 5.47. The fourth-order valence-corrected chi connectivity index (χ4v) is 2.65. The highest BCUT2D eigenvalue weighted by Crippen LogP contribution is 2.16. The standard InChI is InChI=1S/C14H30N2O/c1-5-9-16(12(2)13(3)17-4)11-14-7-6-8-15-10-14/h12-15H,5-11H2,1-4H3. The van der Waals surface area contributed by atoms with Crippen LogP contribution < -0.4 is 5.32 Å². The SMILES string of the molecule is CCCN(CC1CCCNC1)C(C)C(C)OC. The Bertz CT molecular complexity index is 193. The van der Waals surface area contributed by atoms with E-state index in [9.17, 15) is 0 Å². The van der Waals surface area contributed by atoms with Crippen molar-refractivity contribution >= 4 is 0 Å². The predicted octanol–water partition coefficient (Wildman–Crippen LogP) is 2.12. The van der Waals surface area contributed by atoms with Crippen molar-refractivity contribution in [2.45, 2.75) is 52.2 Å². The van der Waals surface area contributed by atoms with E-state index in [4.69, 9.17) is 4.74 Å². The van der Waals surface area contributed by atoms with Gasteiger partial charge in [-0.15, -0.1) is 0 Å². The van der Waals surface area contributed by atoms with Crippen molar-refractivity contribution in [3.8, 4) is 0 Å². The van der Waals surface area contributed by atoms with Crippen LogP contribution in [0.25, 0.3) is 0 Å². The van der Waals surface area contributed by atoms with E-state index >= 15 is 0 Å². The maximum Gasteiger partial charge on any atom is 0.0695 e. The monoisotopic (exact) mass is 242 g/mol. The summed E-state index contributed by atoms with van der Waals surface area (Å²) < 4.78 is 5.47. The second-order valence-electron chi connectivity index (χ2n) is 5.39. The van der Waals surface area contributed by atoms with Crippen LogP contribution in [0.15, 0.2) is 0 Å². The summed E-state index contributed by atoms with van der Waals surface area (Å²) in [5.74, 6) is 0.821. The summed E-state index contributed by atoms with van der Waals surface area (Å²) in [6.07, 6.45) is 4.25. The third-order valence-electron chi connectivity index (χ3n) is 4.03. The number of nitrogens with one attached hydrogen (secondary N) is 1. The van der Waals surface area contributed by atoms with Crippen LogP contribution in [-0.2, 0) is 4.74 Å². The third-order valence-corrected chi connectivity index (χ3v) is 4.03. The fourth-order valence-electron chi connectivity index (χ4n) is 2.65. The van der Waals surface area contributed by atoms with Gasteiger partial charge in [0.15, 0.2) is 0 Å². The maximum absolute atomic E-state index is 5.47. The topological polar surface area (TPSA) is 24.5 Å². The molecule has 1 rings (SSSR count). The molecule has 17 heavy (non-hydrogen) atoms. The quantitative estimate of drug-likeness (QED) is 0.740. The number of rotatable bonds is 7. The molecule has 3 heteroatoms. The Kier molecular flexibility index (Phi) is 7.09. The lowest BCUT2D eigenvalue weighted by Gasteiger charge is -2.36. The first-order chi connectivity index (χ1) is 8.19. The second kappa shape index (κ2) is 8.06. The van der Waals surface area contributed by atoms with Gasteiger partial charge in [0.25, 0.3) is 0 Å². The summed E-state index contributed by atoms with van der Waals surface area (Å²) in [6.45, 7) is 11.5. The largest absolute Gasteiger partial charge is 0.380 e. The molecule has 0 aromatic rings. The fraction of sp³-hybridized carbons (Fsp3) is 1.00. The van der Waals surface area contributed by atoms with E-state index in [0.29, 0.717) is 12.1 Å². The average molecular weight is 242 g/mol. The van der Waals surface area contributed by atoms with Gasteiger partial charge in [-0.05, 0) is 58.7 Å². The van der Waals surface area contributed by atoms with E-state index in [1.807, 2.05) is 7.11 Å². The Morgan fingerprint density at radius 2 is 2.18 bits per heavy atom. The van der Waals surface area contributed by atoms with E-state index in [0.717, 1.165) is 5.92 Å². The second-order valence-corrected chi connectivity index (χ2v) is 5.39. The van der Waals surface area contributed by atoms with Gasteiger partial charge in [-0.1, -0.05) is 6.92 Å². The van der Waals surface area contributed by atoms with Crippen LogP contribution in [0.4, 0.5) is 0 Å². The highest BCUT2D eigenvalue weighted by molar-refractivity contribution is 4.78. The van der Waals surface area contributed by atoms with Crippen LogP contribution in [0.1, 0.15) is 40.0 Å². The number of ether oxygens (including phenoxy) is 1. The molecule has 3 atom stereocenters. The minimum absolute atomic E-state index is 0.318. The summed E-state index contributed by atoms with van der Waals surface area (Å²) in [7, 11) is 1.81. The van der Waals surface area contributed by atoms with Gasteiger partial charge in [0.1, 0.15) is 0 Å². The number of hydrogen-bond donors (Lipinski definition) is 1. The molecule has 0 aromatic heterocycles. The molecular weight excluding hydrogens is 212 g/mol. The lowest BCUT2D eigenvalue weighted by atomic mass is 9.98. The number of piperidine rings is 1. The Balaban J connectivity index is 2.45. The molecular formula is C14H30N2O. The molecule has 0 aliphatic carbocycles. The molecule has 3 nitrogen and oxygen atoms in total. The molecule has 0 spiro atoms. The van der Waals surface area contributed by atoms with Crippen molar-refractivity contribution in [1.29, 1.82) is 0 Å². The Labute approximate surface area is 107 Å². The summed E-state index contributed by atoms with van der Waals surface area (Å²) in [5, 5.41) is 3.51. The molecule has 0 aromatic carbocycles. The van der Waals surface area contributed by atoms with Crippen molar-refractivity contribution in [2.75, 3.05) is 33.3 Å². The Morgan fingerprint density at radius 3 is 2.71 bits per heavy atom. The number of nitrogens with zero attached hydrogens (tertiary/aromatic N) is 1. The molecule has 102 valence electrons. The zero-order chi connectivity index (χ0) is 12.7. The van der Waals surface area contributed by atoms with Gasteiger partial charge < -0.3 is 10.1 Å². The number of methoxy groups -OCH3 is 1. The van der Waals surface area contributed by atoms with Crippen LogP contribution in [0.2, 0.25) is 0 Å². The van der Waals surface area contributed by atoms with Gasteiger partial charge >= 0.3 is 0 Å². The van der Waals surface area contributed by atoms with Crippen LogP contribution in [-0.4, -0.2) is 50.3 Å². The third kappa shape index (κ3) is 4.94. The van der Waals surface area contributed by atoms with Gasteiger partial charge in [-0.25, -0.2) is 0 Å². The Morgan fingerprint density at radius 1 is 1.41 bits per heavy atom. The molecule has 0 bridgehead atoms. The number of hydrogen-bond acceptors (Lipinski definition) is 3. The van der Waals surface area contributed by atoms with E-state index in [1.165, 1.54) is 45.4 Å². The van der Waals surface area contributed by atoms with Gasteiger partial charge in [-0.3, -0.25) is 4.90 Å². The molecule has 1 N–H and O–H groups in total. The average Bonchev–Trinajstić information content (AvgIpc) is 2.37. The first kappa shape index (κ1) is 14.9. The summed E-state index contributed by atoms with van der Waals surface area (Å²) >= 11 is 0. The highest BCUT2D eigenvalue weighted by Gasteiger charge is 2.23. The molecule has 0 amide bonds. The highest BCUT2D eigenvalue weighted by atomic mass is 16.5. The summed E-state index contributed by atoms with van der Waals surface area (Å²) in [4.78, 5) is 2.60. The van der Waals surface area contributed by atoms with E-state index < -0.39 is 0 Å². The van der Waals surface area contributed by atoms with Crippen molar-refractivity contribution < 1.29 is 4.74 Å². The molecule has 0 saturated carbocycles. The van der Waals surface area contributed by atoms with Gasteiger partial charge in [0.05, 0.1) is 6.10 Å². The van der Waals surface area contributed by atoms with Crippen LogP contribution in [0.3, 0.4) is 0 Å². The van der Waals surface area contributed by atoms with Crippen molar-refractivity contribution in [2.24, 2.45) is 5.92 Å². The molecule has 1 fully saturated rings. The molecule has 1 saturated heterocycles. The zero-order valence-corrected chi connectivity index (χ0v) is 12.0. The van der Waals surface area contributed by atoms with Gasteiger partial charge in [0, 0.05) is 19.7 Å². The van der Waals surface area contributed by atoms with E-state index in [1.54, 1.807) is 0 Å². The lowest BCUT2D eigenvalue weighted by Crippen LogP contribution is -2.46. The summed E-state index contributed by atoms with van der Waals surface area (Å²) in [6, 6.07) is 0.516. The first-order valence-electron chi connectivity index (χ1n) is 7.16. The van der Waals surface area contributed by atoms with Crippen LogP contribution >= 0.6 is 0 Å². The Hall–Kier alpha value is -0.120. The summed E-state index contributed by atoms with van der Waals surface area (Å²) in [5.41, 5.74) is 0. The van der Waals surface area contributed by atoms with E-state index in [2.05, 4.69) is 31.0 Å². The minimum Gasteiger partial charge on any atom is -0.380 e. The van der Waals surface area contributed by atoms with Crippen LogP contribution in [0, 0.1) is 5.92 Å². The minimum atomic E-state index is 0.318. The molecule has 0 radical (unpaired) electrons. The predicted molar refractivity (Wildman–Crippen MR) is 73.4 cm³/mol. The molecule has 3 unspecified atom stereocenters. The lowest BCUT2D eigenvalue weighted by molar-refractivity contribution is 0.0250. The molecule has 1 aliphatic heterocycles.